The average Bonchev–Trinajstić information content (AvgIpc) is 3.48. The first kappa shape index (κ1) is 40.5. The molecule has 0 aromatic carbocycles. The number of carboxylic acids is 1. The zero-order chi connectivity index (χ0) is 36.0. The summed E-state index contributed by atoms with van der Waals surface area (Å²) in [6, 6.07) is -6.87. The second kappa shape index (κ2) is 19.2. The van der Waals surface area contributed by atoms with Crippen LogP contribution in [0.25, 0.3) is 0 Å². The van der Waals surface area contributed by atoms with Gasteiger partial charge in [-0.3, -0.25) is 33.8 Å². The zero-order valence-corrected chi connectivity index (χ0v) is 27.8. The van der Waals surface area contributed by atoms with Gasteiger partial charge in [-0.1, -0.05) is 34.1 Å². The molecule has 0 bridgehead atoms. The Morgan fingerprint density at radius 1 is 0.872 bits per heavy atom. The molecule has 6 amide bonds. The molecule has 47 heavy (non-hydrogen) atoms. The van der Waals surface area contributed by atoms with Gasteiger partial charge in [0, 0.05) is 13.1 Å². The van der Waals surface area contributed by atoms with Crippen LogP contribution in [0, 0.1) is 11.8 Å². The maximum atomic E-state index is 13.7. The van der Waals surface area contributed by atoms with Gasteiger partial charge in [0.1, 0.15) is 30.2 Å². The fourth-order valence-electron chi connectivity index (χ4n) is 4.96. The number of nitrogens with one attached hydrogen (secondary N) is 4. The van der Waals surface area contributed by atoms with E-state index in [1.165, 1.54) is 11.8 Å². The van der Waals surface area contributed by atoms with Crippen LogP contribution in [0.4, 0.5) is 0 Å². The number of nitrogens with zero attached hydrogens (tertiary/aromatic N) is 2. The van der Waals surface area contributed by atoms with Gasteiger partial charge in [-0.05, 0) is 44.4 Å². The Morgan fingerprint density at radius 3 is 1.98 bits per heavy atom. The number of amides is 6. The molecule has 0 aromatic rings. The molecule has 0 unspecified atom stereocenters. The van der Waals surface area contributed by atoms with Gasteiger partial charge in [0.2, 0.25) is 35.4 Å². The van der Waals surface area contributed by atoms with Crippen molar-refractivity contribution in [2.45, 2.75) is 109 Å². The van der Waals surface area contributed by atoms with Crippen LogP contribution >= 0.6 is 0 Å². The largest absolute Gasteiger partial charge is 0.480 e. The lowest BCUT2D eigenvalue weighted by molar-refractivity contribution is -0.144. The van der Waals surface area contributed by atoms with E-state index in [0.29, 0.717) is 12.8 Å². The molecule has 18 heteroatoms. The lowest BCUT2D eigenvalue weighted by Gasteiger charge is -2.32. The molecule has 0 aliphatic carbocycles. The molecule has 0 spiro atoms. The van der Waals surface area contributed by atoms with Crippen LogP contribution in [0.3, 0.4) is 0 Å². The highest BCUT2D eigenvalue weighted by atomic mass is 16.4. The Morgan fingerprint density at radius 2 is 1.47 bits per heavy atom. The van der Waals surface area contributed by atoms with E-state index in [1.807, 2.05) is 0 Å². The van der Waals surface area contributed by atoms with Crippen LogP contribution in [0.5, 0.6) is 0 Å². The summed E-state index contributed by atoms with van der Waals surface area (Å²) >= 11 is 0. The fraction of sp³-hybridized carbons (Fsp3) is 0.724. The monoisotopic (exact) mass is 668 g/mol. The van der Waals surface area contributed by atoms with E-state index in [1.54, 1.807) is 27.7 Å². The predicted molar refractivity (Wildman–Crippen MR) is 172 cm³/mol. The van der Waals surface area contributed by atoms with Gasteiger partial charge in [0.25, 0.3) is 0 Å². The molecule has 0 aromatic heterocycles. The number of rotatable bonds is 19. The van der Waals surface area contributed by atoms with E-state index in [9.17, 15) is 38.7 Å². The summed E-state index contributed by atoms with van der Waals surface area (Å²) in [5.74, 6) is -6.58. The third-order valence-electron chi connectivity index (χ3n) is 7.87. The molecule has 1 fully saturated rings. The summed E-state index contributed by atoms with van der Waals surface area (Å²) in [7, 11) is 0. The molecular formula is C29H52N10O8. The van der Waals surface area contributed by atoms with Crippen LogP contribution in [0.15, 0.2) is 4.99 Å². The lowest BCUT2D eigenvalue weighted by atomic mass is 9.97. The molecule has 13 N–H and O–H groups in total. The van der Waals surface area contributed by atoms with Crippen molar-refractivity contribution in [2.75, 3.05) is 13.1 Å². The number of likely N-dealkylation sites (tertiary alicyclic amines) is 1. The number of carboxylic acid groups (broad SMARTS) is 1. The maximum absolute atomic E-state index is 13.7. The summed E-state index contributed by atoms with van der Waals surface area (Å²) in [6.45, 7) is 8.58. The van der Waals surface area contributed by atoms with Crippen molar-refractivity contribution in [1.82, 2.24) is 26.2 Å². The second-order valence-electron chi connectivity index (χ2n) is 12.2. The number of guanidine groups is 1. The van der Waals surface area contributed by atoms with E-state index in [4.69, 9.17) is 22.9 Å². The molecule has 1 aliphatic heterocycles. The number of carbonyl (C=O) groups is 7. The highest BCUT2D eigenvalue weighted by Crippen LogP contribution is 2.21. The van der Waals surface area contributed by atoms with Gasteiger partial charge in [0.05, 0.1) is 12.5 Å². The van der Waals surface area contributed by atoms with Crippen LogP contribution in [-0.2, 0) is 33.6 Å². The number of hydrogen-bond acceptors (Lipinski definition) is 9. The summed E-state index contributed by atoms with van der Waals surface area (Å²) in [5, 5.41) is 19.8. The van der Waals surface area contributed by atoms with E-state index in [-0.39, 0.29) is 38.3 Å². The minimum atomic E-state index is -1.44. The summed E-state index contributed by atoms with van der Waals surface area (Å²) < 4.78 is 0. The first-order valence-corrected chi connectivity index (χ1v) is 15.7. The highest BCUT2D eigenvalue weighted by molar-refractivity contribution is 5.98. The molecule has 1 heterocycles. The van der Waals surface area contributed by atoms with Gasteiger partial charge in [-0.25, -0.2) is 4.79 Å². The molecule has 0 saturated carbocycles. The Kier molecular flexibility index (Phi) is 16.6. The molecular weight excluding hydrogens is 616 g/mol. The molecule has 266 valence electrons. The number of primary amides is 1. The van der Waals surface area contributed by atoms with Gasteiger partial charge in [0.15, 0.2) is 5.96 Å². The molecule has 1 aliphatic rings. The second-order valence-corrected chi connectivity index (χ2v) is 12.2. The van der Waals surface area contributed by atoms with Gasteiger partial charge >= 0.3 is 5.97 Å². The summed E-state index contributed by atoms with van der Waals surface area (Å²) in [6.07, 6.45) is 0.830. The smallest absolute Gasteiger partial charge is 0.326 e. The minimum Gasteiger partial charge on any atom is -0.480 e. The first-order chi connectivity index (χ1) is 21.9. The van der Waals surface area contributed by atoms with Crippen LogP contribution in [0.1, 0.15) is 73.1 Å². The van der Waals surface area contributed by atoms with Crippen molar-refractivity contribution in [3.8, 4) is 0 Å². The van der Waals surface area contributed by atoms with Gasteiger partial charge < -0.3 is 54.2 Å². The third-order valence-corrected chi connectivity index (χ3v) is 7.87. The van der Waals surface area contributed by atoms with Crippen LogP contribution in [-0.4, -0.2) is 107 Å². The van der Waals surface area contributed by atoms with Crippen LogP contribution < -0.4 is 44.2 Å². The quantitative estimate of drug-likeness (QED) is 0.0379. The fourth-order valence-corrected chi connectivity index (χ4v) is 4.96. The number of aliphatic carboxylic acids is 1. The topological polar surface area (TPSA) is 308 Å². The van der Waals surface area contributed by atoms with Gasteiger partial charge in [-0.2, -0.15) is 0 Å². The predicted octanol–water partition coefficient (Wildman–Crippen LogP) is -3.02. The number of aliphatic imine (C=N–C) groups is 1. The Bertz CT molecular complexity index is 1170. The number of carbonyl (C=O) groups excluding carboxylic acids is 6. The molecule has 18 nitrogen and oxygen atoms in total. The zero-order valence-electron chi connectivity index (χ0n) is 27.8. The Labute approximate surface area is 274 Å². The van der Waals surface area contributed by atoms with E-state index < -0.39 is 95.9 Å². The van der Waals surface area contributed by atoms with Crippen LogP contribution in [0.2, 0.25) is 0 Å². The van der Waals surface area contributed by atoms with Gasteiger partial charge in [-0.15, -0.1) is 0 Å². The first-order valence-electron chi connectivity index (χ1n) is 15.7. The van der Waals surface area contributed by atoms with Crippen molar-refractivity contribution < 1.29 is 38.7 Å². The highest BCUT2D eigenvalue weighted by Gasteiger charge is 2.41. The standard InChI is InChI=1S/C29H52N10O8/c1-6-15(4)22(26(44)35-17(28(46)47)9-7-11-34-29(32)33)38-24(42)19-10-8-12-39(19)27(45)18(13-20(31)40)36-25(43)21(14(2)3)37-23(41)16(5)30/h14-19,21-22H,6-13,30H2,1-5H3,(H2,31,40)(H,35,44)(H,36,43)(H,37,41)(H,38,42)(H,46,47)(H4,32,33,34)/t15-,16-,17-,18-,19-,21-,22-/m0/s1. The summed E-state index contributed by atoms with van der Waals surface area (Å²) in [5.41, 5.74) is 21.6. The molecule has 1 saturated heterocycles. The van der Waals surface area contributed by atoms with Crippen molar-refractivity contribution in [2.24, 2.45) is 39.8 Å². The van der Waals surface area contributed by atoms with Crippen molar-refractivity contribution in [3.63, 3.8) is 0 Å². The lowest BCUT2D eigenvalue weighted by Crippen LogP contribution is -2.60. The van der Waals surface area contributed by atoms with Crippen molar-refractivity contribution in [3.05, 3.63) is 0 Å². The van der Waals surface area contributed by atoms with Crippen molar-refractivity contribution in [1.29, 1.82) is 0 Å². The molecule has 0 radical (unpaired) electrons. The number of nitrogens with two attached hydrogens (primary N) is 4. The van der Waals surface area contributed by atoms with E-state index in [2.05, 4.69) is 26.3 Å². The van der Waals surface area contributed by atoms with Crippen molar-refractivity contribution >= 4 is 47.4 Å². The Hall–Kier alpha value is -4.48. The maximum Gasteiger partial charge on any atom is 0.326 e. The normalized spacial score (nSPS) is 18.1. The minimum absolute atomic E-state index is 0.0312. The molecule has 7 atom stereocenters. The summed E-state index contributed by atoms with van der Waals surface area (Å²) in [4.78, 5) is 94.6. The van der Waals surface area contributed by atoms with E-state index >= 15 is 0 Å². The number of hydrogen-bond donors (Lipinski definition) is 9. The Balaban J connectivity index is 3.15. The van der Waals surface area contributed by atoms with E-state index in [0.717, 1.165) is 0 Å². The average molecular weight is 669 g/mol. The molecule has 1 rings (SSSR count). The SMILES string of the molecule is CC[C@H](C)[C@H](NC(=O)[C@@H]1CCCN1C(=O)[C@H](CC(N)=O)NC(=O)[C@@H](NC(=O)[C@H](C)N)C(C)C)C(=O)N[C@@H](CCCN=C(N)N)C(=O)O. The third kappa shape index (κ3) is 13.0.